The molecule has 0 aromatic heterocycles. The normalized spacial score (nSPS) is 28.3. The van der Waals surface area contributed by atoms with Crippen molar-refractivity contribution >= 4 is 21.6 Å². The van der Waals surface area contributed by atoms with Crippen molar-refractivity contribution < 1.29 is 13.2 Å². The second-order valence-electron chi connectivity index (χ2n) is 6.95. The molecule has 0 N–H and O–H groups in total. The van der Waals surface area contributed by atoms with Gasteiger partial charge in [-0.25, -0.2) is 8.42 Å². The third-order valence-electron chi connectivity index (χ3n) is 5.36. The lowest BCUT2D eigenvalue weighted by atomic mass is 10.0. The van der Waals surface area contributed by atoms with E-state index in [-0.39, 0.29) is 16.0 Å². The van der Waals surface area contributed by atoms with Crippen LogP contribution in [-0.4, -0.2) is 62.6 Å². The Bertz CT molecular complexity index is 819. The predicted octanol–water partition coefficient (Wildman–Crippen LogP) is 1.70. The van der Waals surface area contributed by atoms with Crippen molar-refractivity contribution in [2.75, 3.05) is 32.8 Å². The number of rotatable bonds is 3. The van der Waals surface area contributed by atoms with Gasteiger partial charge in [-0.2, -0.15) is 9.57 Å². The maximum atomic E-state index is 13.0. The van der Waals surface area contributed by atoms with E-state index >= 15 is 0 Å². The van der Waals surface area contributed by atoms with E-state index in [2.05, 4.69) is 4.90 Å². The minimum absolute atomic E-state index is 0.0667. The van der Waals surface area contributed by atoms with Gasteiger partial charge in [0.05, 0.1) is 29.9 Å². The molecule has 0 spiro atoms. The van der Waals surface area contributed by atoms with E-state index in [0.29, 0.717) is 37.2 Å². The molecular weight excluding hydrogens is 362 g/mol. The summed E-state index contributed by atoms with van der Waals surface area (Å²) >= 11 is 6.13. The zero-order valence-corrected chi connectivity index (χ0v) is 15.3. The summed E-state index contributed by atoms with van der Waals surface area (Å²) in [5.74, 6) is 0.707. The molecule has 3 fully saturated rings. The number of fused-ring (bicyclic) bond motifs is 1. The maximum absolute atomic E-state index is 13.0. The molecule has 25 heavy (non-hydrogen) atoms. The first-order chi connectivity index (χ1) is 12.0. The highest BCUT2D eigenvalue weighted by Gasteiger charge is 2.44. The Balaban J connectivity index is 1.55. The third-order valence-corrected chi connectivity index (χ3v) is 7.71. The van der Waals surface area contributed by atoms with Crippen LogP contribution in [-0.2, 0) is 14.8 Å². The van der Waals surface area contributed by atoms with E-state index in [9.17, 15) is 8.42 Å². The Labute approximate surface area is 153 Å². The molecule has 8 heteroatoms. The lowest BCUT2D eigenvalue weighted by molar-refractivity contribution is -0.0759. The summed E-state index contributed by atoms with van der Waals surface area (Å²) in [4.78, 5) is 2.50. The van der Waals surface area contributed by atoms with E-state index in [1.54, 1.807) is 0 Å². The molecule has 0 bridgehead atoms. The number of sulfonamides is 1. The molecule has 6 nitrogen and oxygen atoms in total. The third kappa shape index (κ3) is 3.18. The van der Waals surface area contributed by atoms with Gasteiger partial charge in [0.15, 0.2) is 0 Å². The molecular formula is C17H20ClN3O3S. The van der Waals surface area contributed by atoms with E-state index in [0.717, 1.165) is 13.2 Å². The van der Waals surface area contributed by atoms with Crippen molar-refractivity contribution in [1.29, 1.82) is 5.26 Å². The van der Waals surface area contributed by atoms with Crippen LogP contribution in [0.25, 0.3) is 0 Å². The number of morpholine rings is 1. The van der Waals surface area contributed by atoms with E-state index in [4.69, 9.17) is 21.6 Å². The zero-order valence-electron chi connectivity index (χ0n) is 13.8. The van der Waals surface area contributed by atoms with Crippen LogP contribution >= 0.6 is 11.6 Å². The maximum Gasteiger partial charge on any atom is 0.244 e. The van der Waals surface area contributed by atoms with Gasteiger partial charge in [-0.15, -0.1) is 0 Å². The minimum atomic E-state index is -3.68. The number of piperazine rings is 1. The monoisotopic (exact) mass is 381 g/mol. The SMILES string of the molecule is N#Cc1ccc(S(=O)(=O)N2CCN3[C@@H](COC[C@@H]3C3CC3)C2)c(Cl)c1. The highest BCUT2D eigenvalue weighted by atomic mass is 35.5. The topological polar surface area (TPSA) is 73.6 Å². The van der Waals surface area contributed by atoms with Gasteiger partial charge in [0.1, 0.15) is 4.90 Å². The van der Waals surface area contributed by atoms with Crippen molar-refractivity contribution in [3.63, 3.8) is 0 Å². The molecule has 2 atom stereocenters. The van der Waals surface area contributed by atoms with Crippen LogP contribution in [0.5, 0.6) is 0 Å². The summed E-state index contributed by atoms with van der Waals surface area (Å²) in [6, 6.07) is 6.81. The average Bonchev–Trinajstić information content (AvgIpc) is 3.45. The summed E-state index contributed by atoms with van der Waals surface area (Å²) < 4.78 is 33.3. The first-order valence-electron chi connectivity index (χ1n) is 8.54. The molecule has 134 valence electrons. The number of ether oxygens (including phenoxy) is 1. The summed E-state index contributed by atoms with van der Waals surface area (Å²) in [6.45, 7) is 2.92. The highest BCUT2D eigenvalue weighted by molar-refractivity contribution is 7.89. The number of hydrogen-bond donors (Lipinski definition) is 0. The number of benzene rings is 1. The van der Waals surface area contributed by atoms with Crippen LogP contribution in [0.2, 0.25) is 5.02 Å². The second-order valence-corrected chi connectivity index (χ2v) is 9.27. The molecule has 2 heterocycles. The Morgan fingerprint density at radius 1 is 1.24 bits per heavy atom. The molecule has 1 saturated carbocycles. The van der Waals surface area contributed by atoms with Gasteiger partial charge < -0.3 is 4.74 Å². The number of nitrogens with zero attached hydrogens (tertiary/aromatic N) is 3. The molecule has 1 aromatic rings. The molecule has 0 unspecified atom stereocenters. The van der Waals surface area contributed by atoms with Crippen LogP contribution < -0.4 is 0 Å². The number of nitriles is 1. The first-order valence-corrected chi connectivity index (χ1v) is 10.4. The van der Waals surface area contributed by atoms with Crippen LogP contribution in [0.4, 0.5) is 0 Å². The zero-order chi connectivity index (χ0) is 17.6. The summed E-state index contributed by atoms with van der Waals surface area (Å²) in [5, 5.41) is 9.02. The van der Waals surface area contributed by atoms with Crippen LogP contribution in [0, 0.1) is 17.2 Å². The highest BCUT2D eigenvalue weighted by Crippen LogP contribution is 2.39. The Morgan fingerprint density at radius 3 is 2.72 bits per heavy atom. The molecule has 0 radical (unpaired) electrons. The standard InChI is InChI=1S/C17H20ClN3O3S/c18-15-7-12(8-19)1-4-17(15)25(22,23)20-5-6-21-14(9-20)10-24-11-16(21)13-2-3-13/h1,4,7,13-14,16H,2-3,5-6,9-11H2/t14-,16-/m1/s1. The fraction of sp³-hybridized carbons (Fsp3) is 0.588. The molecule has 3 aliphatic rings. The average molecular weight is 382 g/mol. The van der Waals surface area contributed by atoms with Gasteiger partial charge >= 0.3 is 0 Å². The van der Waals surface area contributed by atoms with Crippen molar-refractivity contribution in [3.8, 4) is 6.07 Å². The van der Waals surface area contributed by atoms with E-state index in [1.165, 1.54) is 35.3 Å². The Kier molecular flexibility index (Phi) is 4.50. The quantitative estimate of drug-likeness (QED) is 0.796. The van der Waals surface area contributed by atoms with Gasteiger partial charge in [0.25, 0.3) is 0 Å². The van der Waals surface area contributed by atoms with Crippen molar-refractivity contribution in [2.24, 2.45) is 5.92 Å². The lowest BCUT2D eigenvalue weighted by Gasteiger charge is -2.47. The number of halogens is 1. The fourth-order valence-corrected chi connectivity index (χ4v) is 5.86. The van der Waals surface area contributed by atoms with Crippen LogP contribution in [0.15, 0.2) is 23.1 Å². The molecule has 0 amide bonds. The van der Waals surface area contributed by atoms with Gasteiger partial charge in [-0.1, -0.05) is 11.6 Å². The largest absolute Gasteiger partial charge is 0.378 e. The Hall–Kier alpha value is -1.17. The second kappa shape index (κ2) is 6.53. The van der Waals surface area contributed by atoms with Gasteiger partial charge in [-0.05, 0) is 37.0 Å². The van der Waals surface area contributed by atoms with Crippen molar-refractivity contribution in [1.82, 2.24) is 9.21 Å². The van der Waals surface area contributed by atoms with Gasteiger partial charge in [-0.3, -0.25) is 4.90 Å². The summed E-state index contributed by atoms with van der Waals surface area (Å²) in [7, 11) is -3.68. The van der Waals surface area contributed by atoms with Crippen LogP contribution in [0.1, 0.15) is 18.4 Å². The molecule has 2 aliphatic heterocycles. The van der Waals surface area contributed by atoms with Crippen molar-refractivity contribution in [3.05, 3.63) is 28.8 Å². The van der Waals surface area contributed by atoms with Crippen LogP contribution in [0.3, 0.4) is 0 Å². The summed E-state index contributed by atoms with van der Waals surface area (Å²) in [6.07, 6.45) is 2.50. The molecule has 4 rings (SSSR count). The molecule has 1 aromatic carbocycles. The fourth-order valence-electron chi connectivity index (χ4n) is 3.87. The summed E-state index contributed by atoms with van der Waals surface area (Å²) in [5.41, 5.74) is 0.349. The predicted molar refractivity (Wildman–Crippen MR) is 92.8 cm³/mol. The van der Waals surface area contributed by atoms with E-state index in [1.807, 2.05) is 6.07 Å². The number of hydrogen-bond acceptors (Lipinski definition) is 5. The Morgan fingerprint density at radius 2 is 2.04 bits per heavy atom. The first kappa shape index (κ1) is 17.3. The van der Waals surface area contributed by atoms with Gasteiger partial charge in [0, 0.05) is 31.7 Å². The van der Waals surface area contributed by atoms with Crippen molar-refractivity contribution in [2.45, 2.75) is 29.8 Å². The van der Waals surface area contributed by atoms with Gasteiger partial charge in [0.2, 0.25) is 10.0 Å². The molecule has 1 aliphatic carbocycles. The minimum Gasteiger partial charge on any atom is -0.378 e. The lowest BCUT2D eigenvalue weighted by Crippen LogP contribution is -2.63. The van der Waals surface area contributed by atoms with E-state index < -0.39 is 10.0 Å². The smallest absolute Gasteiger partial charge is 0.244 e. The molecule has 2 saturated heterocycles.